The molecule has 2 heterocycles. The van der Waals surface area contributed by atoms with Crippen molar-refractivity contribution in [3.8, 4) is 11.4 Å². The van der Waals surface area contributed by atoms with Gasteiger partial charge in [0, 0.05) is 32.0 Å². The van der Waals surface area contributed by atoms with Crippen molar-refractivity contribution < 1.29 is 14.6 Å². The Morgan fingerprint density at radius 1 is 1.25 bits per heavy atom. The van der Waals surface area contributed by atoms with Crippen molar-refractivity contribution in [1.82, 2.24) is 14.7 Å². The summed E-state index contributed by atoms with van der Waals surface area (Å²) in [6.45, 7) is 6.70. The smallest absolute Gasteiger partial charge is 0.119 e. The average molecular weight is 331 g/mol. The second-order valence-electron chi connectivity index (χ2n) is 6.39. The Labute approximate surface area is 142 Å². The molecule has 6 nitrogen and oxygen atoms in total. The van der Waals surface area contributed by atoms with Crippen LogP contribution in [0.1, 0.15) is 13.8 Å². The SMILES string of the molecule is CC1CN(CC(O)COc2ccc(-n3cccn3)cc2)CC(C)O1. The van der Waals surface area contributed by atoms with Crippen LogP contribution in [0.5, 0.6) is 5.75 Å². The van der Waals surface area contributed by atoms with Gasteiger partial charge in [0.1, 0.15) is 18.5 Å². The number of aliphatic hydroxyl groups is 1. The molecule has 3 unspecified atom stereocenters. The minimum atomic E-state index is -0.520. The van der Waals surface area contributed by atoms with Crippen LogP contribution in [0.15, 0.2) is 42.7 Å². The highest BCUT2D eigenvalue weighted by molar-refractivity contribution is 5.36. The van der Waals surface area contributed by atoms with Crippen molar-refractivity contribution in [2.45, 2.75) is 32.2 Å². The Balaban J connectivity index is 1.46. The van der Waals surface area contributed by atoms with E-state index in [1.807, 2.05) is 36.5 Å². The van der Waals surface area contributed by atoms with Gasteiger partial charge in [0.15, 0.2) is 0 Å². The molecular formula is C18H25N3O3. The normalized spacial score (nSPS) is 23.1. The summed E-state index contributed by atoms with van der Waals surface area (Å²) in [5.74, 6) is 0.744. The third-order valence-corrected chi connectivity index (χ3v) is 4.01. The van der Waals surface area contributed by atoms with Crippen molar-refractivity contribution in [1.29, 1.82) is 0 Å². The van der Waals surface area contributed by atoms with Crippen LogP contribution in [-0.2, 0) is 4.74 Å². The molecule has 0 aliphatic carbocycles. The number of benzene rings is 1. The molecule has 1 aromatic carbocycles. The summed E-state index contributed by atoms with van der Waals surface area (Å²) >= 11 is 0. The van der Waals surface area contributed by atoms with Crippen LogP contribution in [0, 0.1) is 0 Å². The third kappa shape index (κ3) is 4.56. The van der Waals surface area contributed by atoms with Gasteiger partial charge in [-0.2, -0.15) is 5.10 Å². The minimum Gasteiger partial charge on any atom is -0.491 e. The lowest BCUT2D eigenvalue weighted by atomic mass is 10.2. The van der Waals surface area contributed by atoms with E-state index in [1.165, 1.54) is 0 Å². The standard InChI is InChI=1S/C18H25N3O3/c1-14-10-20(11-15(2)24-14)12-17(22)13-23-18-6-4-16(5-7-18)21-9-3-8-19-21/h3-9,14-15,17,22H,10-13H2,1-2H3. The summed E-state index contributed by atoms with van der Waals surface area (Å²) in [4.78, 5) is 2.23. The molecule has 0 amide bonds. The van der Waals surface area contributed by atoms with Gasteiger partial charge in [-0.15, -0.1) is 0 Å². The Morgan fingerprint density at radius 2 is 1.96 bits per heavy atom. The zero-order valence-corrected chi connectivity index (χ0v) is 14.2. The molecule has 0 spiro atoms. The highest BCUT2D eigenvalue weighted by atomic mass is 16.5. The number of aromatic nitrogens is 2. The van der Waals surface area contributed by atoms with Gasteiger partial charge in [-0.1, -0.05) is 0 Å². The zero-order valence-electron chi connectivity index (χ0n) is 14.2. The molecule has 0 saturated carbocycles. The molecule has 1 aromatic heterocycles. The average Bonchev–Trinajstić information content (AvgIpc) is 3.07. The molecule has 3 rings (SSSR count). The summed E-state index contributed by atoms with van der Waals surface area (Å²) in [7, 11) is 0. The third-order valence-electron chi connectivity index (χ3n) is 4.01. The number of rotatable bonds is 6. The lowest BCUT2D eigenvalue weighted by Gasteiger charge is -2.36. The second-order valence-corrected chi connectivity index (χ2v) is 6.39. The van der Waals surface area contributed by atoms with Crippen molar-refractivity contribution in [3.05, 3.63) is 42.7 Å². The van der Waals surface area contributed by atoms with Crippen LogP contribution in [-0.4, -0.2) is 64.3 Å². The molecule has 1 fully saturated rings. The van der Waals surface area contributed by atoms with E-state index in [0.29, 0.717) is 6.54 Å². The molecule has 2 aromatic rings. The predicted octanol–water partition coefficient (Wildman–Crippen LogP) is 1.72. The Hall–Kier alpha value is -1.89. The molecule has 3 atom stereocenters. The number of morpholine rings is 1. The molecule has 1 N–H and O–H groups in total. The van der Waals surface area contributed by atoms with Gasteiger partial charge < -0.3 is 14.6 Å². The molecule has 0 radical (unpaired) electrons. The van der Waals surface area contributed by atoms with Gasteiger partial charge in [0.2, 0.25) is 0 Å². The highest BCUT2D eigenvalue weighted by Crippen LogP contribution is 2.15. The maximum absolute atomic E-state index is 10.2. The molecule has 1 aliphatic heterocycles. The van der Waals surface area contributed by atoms with E-state index < -0.39 is 6.10 Å². The Kier molecular flexibility index (Phi) is 5.50. The summed E-state index contributed by atoms with van der Waals surface area (Å²) in [6.07, 6.45) is 3.53. The maximum Gasteiger partial charge on any atom is 0.119 e. The van der Waals surface area contributed by atoms with Gasteiger partial charge in [-0.05, 0) is 44.2 Å². The predicted molar refractivity (Wildman–Crippen MR) is 91.5 cm³/mol. The summed E-state index contributed by atoms with van der Waals surface area (Å²) < 4.78 is 13.2. The van der Waals surface area contributed by atoms with Gasteiger partial charge in [0.25, 0.3) is 0 Å². The number of nitrogens with zero attached hydrogens (tertiary/aromatic N) is 3. The largest absolute Gasteiger partial charge is 0.491 e. The molecule has 24 heavy (non-hydrogen) atoms. The molecule has 1 aliphatic rings. The van der Waals surface area contributed by atoms with Crippen LogP contribution >= 0.6 is 0 Å². The number of β-amino-alcohol motifs (C(OH)–C–C–N with tert-alkyl or cyclic N) is 1. The van der Waals surface area contributed by atoms with Crippen molar-refractivity contribution in [2.75, 3.05) is 26.2 Å². The van der Waals surface area contributed by atoms with Crippen molar-refractivity contribution in [2.24, 2.45) is 0 Å². The van der Waals surface area contributed by atoms with E-state index in [-0.39, 0.29) is 18.8 Å². The first-order valence-corrected chi connectivity index (χ1v) is 8.39. The number of ether oxygens (including phenoxy) is 2. The van der Waals surface area contributed by atoms with Crippen molar-refractivity contribution >= 4 is 0 Å². The first-order valence-electron chi connectivity index (χ1n) is 8.39. The molecule has 0 bridgehead atoms. The van der Waals surface area contributed by atoms with Crippen LogP contribution in [0.2, 0.25) is 0 Å². The van der Waals surface area contributed by atoms with E-state index in [1.54, 1.807) is 10.9 Å². The van der Waals surface area contributed by atoms with E-state index in [9.17, 15) is 5.11 Å². The van der Waals surface area contributed by atoms with Gasteiger partial charge in [-0.3, -0.25) is 4.90 Å². The highest BCUT2D eigenvalue weighted by Gasteiger charge is 2.23. The number of hydrogen-bond donors (Lipinski definition) is 1. The fourth-order valence-corrected chi connectivity index (χ4v) is 3.09. The lowest BCUT2D eigenvalue weighted by molar-refractivity contribution is -0.0786. The van der Waals surface area contributed by atoms with Gasteiger partial charge >= 0.3 is 0 Å². The van der Waals surface area contributed by atoms with Gasteiger partial charge in [0.05, 0.1) is 17.9 Å². The molecule has 6 heteroatoms. The minimum absolute atomic E-state index is 0.205. The van der Waals surface area contributed by atoms with Crippen LogP contribution in [0.4, 0.5) is 0 Å². The molecular weight excluding hydrogens is 306 g/mol. The van der Waals surface area contributed by atoms with E-state index in [2.05, 4.69) is 23.8 Å². The van der Waals surface area contributed by atoms with Crippen LogP contribution < -0.4 is 4.74 Å². The second kappa shape index (κ2) is 7.79. The first-order chi connectivity index (χ1) is 11.6. The number of aliphatic hydroxyl groups excluding tert-OH is 1. The summed E-state index contributed by atoms with van der Waals surface area (Å²) in [6, 6.07) is 9.56. The maximum atomic E-state index is 10.2. The fourth-order valence-electron chi connectivity index (χ4n) is 3.09. The summed E-state index contributed by atoms with van der Waals surface area (Å²) in [5, 5.41) is 14.4. The van der Waals surface area contributed by atoms with E-state index >= 15 is 0 Å². The van der Waals surface area contributed by atoms with E-state index in [4.69, 9.17) is 9.47 Å². The Morgan fingerprint density at radius 3 is 2.58 bits per heavy atom. The first kappa shape index (κ1) is 17.0. The van der Waals surface area contributed by atoms with Gasteiger partial charge in [-0.25, -0.2) is 4.68 Å². The molecule has 1 saturated heterocycles. The number of hydrogen-bond acceptors (Lipinski definition) is 5. The molecule has 130 valence electrons. The topological polar surface area (TPSA) is 59.8 Å². The fraction of sp³-hybridized carbons (Fsp3) is 0.500. The van der Waals surface area contributed by atoms with Crippen LogP contribution in [0.25, 0.3) is 5.69 Å². The lowest BCUT2D eigenvalue weighted by Crippen LogP contribution is -2.48. The quantitative estimate of drug-likeness (QED) is 0.873. The van der Waals surface area contributed by atoms with Crippen molar-refractivity contribution in [3.63, 3.8) is 0 Å². The summed E-state index contributed by atoms with van der Waals surface area (Å²) in [5.41, 5.74) is 0.976. The van der Waals surface area contributed by atoms with Crippen LogP contribution in [0.3, 0.4) is 0 Å². The zero-order chi connectivity index (χ0) is 16.9. The Bertz CT molecular complexity index is 605. The van der Waals surface area contributed by atoms with E-state index in [0.717, 1.165) is 24.5 Å². The monoisotopic (exact) mass is 331 g/mol.